The van der Waals surface area contributed by atoms with E-state index in [9.17, 15) is 79.0 Å². The lowest BCUT2D eigenvalue weighted by Crippen LogP contribution is -2.61. The molecule has 0 fully saturated rings. The van der Waals surface area contributed by atoms with Gasteiger partial charge in [0.15, 0.2) is 0 Å². The van der Waals surface area contributed by atoms with E-state index in [1.165, 1.54) is 0 Å². The summed E-state index contributed by atoms with van der Waals surface area (Å²) < 4.78 is 232. The van der Waals surface area contributed by atoms with Gasteiger partial charge < -0.3 is 4.74 Å². The van der Waals surface area contributed by atoms with Crippen molar-refractivity contribution in [2.24, 2.45) is 0 Å². The molecular formula is C14H8F18O. The fourth-order valence-corrected chi connectivity index (χ4v) is 1.81. The Bertz CT molecular complexity index is 678. The molecule has 0 heterocycles. The molecule has 0 saturated carbocycles. The Morgan fingerprint density at radius 2 is 0.636 bits per heavy atom. The summed E-state index contributed by atoms with van der Waals surface area (Å²) in [5.74, 6) is -46.1. The minimum Gasteiger partial charge on any atom is -0.467 e. The number of alkyl halides is 18. The Kier molecular flexibility index (Phi) is 7.85. The van der Waals surface area contributed by atoms with Gasteiger partial charge >= 0.3 is 47.9 Å². The predicted molar refractivity (Wildman–Crippen MR) is 70.4 cm³/mol. The molecule has 0 radical (unpaired) electrons. The molecule has 0 unspecified atom stereocenters. The minimum absolute atomic E-state index is 2.09. The van der Waals surface area contributed by atoms with Crippen molar-refractivity contribution in [2.75, 3.05) is 0 Å². The number of allylic oxidation sites excluding steroid dienone is 2. The van der Waals surface area contributed by atoms with Crippen LogP contribution in [0.4, 0.5) is 79.0 Å². The van der Waals surface area contributed by atoms with Gasteiger partial charge in [-0.3, -0.25) is 0 Å². The van der Waals surface area contributed by atoms with Crippen molar-refractivity contribution in [3.63, 3.8) is 0 Å². The van der Waals surface area contributed by atoms with E-state index in [2.05, 4.69) is 17.9 Å². The topological polar surface area (TPSA) is 9.23 Å². The molecule has 0 spiro atoms. The first kappa shape index (κ1) is 31.0. The lowest BCUT2D eigenvalue weighted by molar-refractivity contribution is -0.396. The van der Waals surface area contributed by atoms with Gasteiger partial charge in [-0.1, -0.05) is 13.2 Å². The smallest absolute Gasteiger partial charge is 0.460 e. The van der Waals surface area contributed by atoms with Crippen LogP contribution in [0.1, 0.15) is 12.8 Å². The molecule has 0 aliphatic carbocycles. The van der Waals surface area contributed by atoms with Gasteiger partial charge in [0.05, 0.1) is 12.8 Å². The van der Waals surface area contributed by atoms with Crippen LogP contribution < -0.4 is 0 Å². The maximum absolute atomic E-state index is 13.4. The van der Waals surface area contributed by atoms with E-state index in [0.29, 0.717) is 0 Å². The quantitative estimate of drug-likeness (QED) is 0.206. The summed E-state index contributed by atoms with van der Waals surface area (Å²) in [6, 6.07) is 0. The predicted octanol–water partition coefficient (Wildman–Crippen LogP) is 7.75. The average molecular weight is 534 g/mol. The summed E-state index contributed by atoms with van der Waals surface area (Å²) in [7, 11) is 0. The van der Waals surface area contributed by atoms with Crippen LogP contribution in [0.2, 0.25) is 0 Å². The van der Waals surface area contributed by atoms with E-state index >= 15 is 0 Å². The third kappa shape index (κ3) is 5.41. The summed E-state index contributed by atoms with van der Waals surface area (Å²) in [6.45, 7) is 4.47. The van der Waals surface area contributed by atoms with Crippen LogP contribution in [-0.2, 0) is 4.74 Å². The SMILES string of the molecule is C=C(CC(F)(F)C(F)(F)C(F)(F)C(F)(F)F)OC(=C)CC(F)(F)C(F)(F)C(F)(F)C(F)(F)F. The maximum atomic E-state index is 13.4. The summed E-state index contributed by atoms with van der Waals surface area (Å²) >= 11 is 0. The molecule has 33 heavy (non-hydrogen) atoms. The maximum Gasteiger partial charge on any atom is 0.460 e. The highest BCUT2D eigenvalue weighted by molar-refractivity contribution is 5.09. The summed E-state index contributed by atoms with van der Waals surface area (Å²) in [4.78, 5) is 0. The fourth-order valence-electron chi connectivity index (χ4n) is 1.81. The van der Waals surface area contributed by atoms with Crippen LogP contribution in [0.25, 0.3) is 0 Å². The van der Waals surface area contributed by atoms with Gasteiger partial charge in [-0.25, -0.2) is 0 Å². The number of ether oxygens (including phenoxy) is 1. The van der Waals surface area contributed by atoms with Crippen LogP contribution in [0.15, 0.2) is 24.7 Å². The molecule has 0 aliphatic rings. The highest BCUT2D eigenvalue weighted by Crippen LogP contribution is 2.56. The van der Waals surface area contributed by atoms with Crippen molar-refractivity contribution in [1.82, 2.24) is 0 Å². The molecule has 0 rings (SSSR count). The average Bonchev–Trinajstić information content (AvgIpc) is 2.50. The molecule has 0 atom stereocenters. The molecule has 0 aliphatic heterocycles. The molecule has 0 aromatic heterocycles. The molecule has 1 nitrogen and oxygen atoms in total. The molecule has 0 amide bonds. The minimum atomic E-state index is -7.36. The van der Waals surface area contributed by atoms with E-state index in [-0.39, 0.29) is 0 Å². The van der Waals surface area contributed by atoms with Gasteiger partial charge in [0.25, 0.3) is 0 Å². The van der Waals surface area contributed by atoms with Crippen molar-refractivity contribution >= 4 is 0 Å². The molecule has 196 valence electrons. The van der Waals surface area contributed by atoms with E-state index in [1.807, 2.05) is 0 Å². The fraction of sp³-hybridized carbons (Fsp3) is 0.714. The standard InChI is InChI=1S/C14H8F18O/c1-5(3-7(15,16)9(19,20)11(23,24)13(27,28)29)33-6(2)4-8(17,18)10(21,22)12(25,26)14(30,31)32/h1-4H2. The second kappa shape index (κ2) is 8.35. The van der Waals surface area contributed by atoms with Gasteiger partial charge in [-0.15, -0.1) is 0 Å². The lowest BCUT2D eigenvalue weighted by Gasteiger charge is -2.34. The lowest BCUT2D eigenvalue weighted by atomic mass is 9.99. The Morgan fingerprint density at radius 1 is 0.424 bits per heavy atom. The van der Waals surface area contributed by atoms with Crippen molar-refractivity contribution in [3.05, 3.63) is 24.7 Å². The third-order valence-electron chi connectivity index (χ3n) is 3.55. The molecule has 0 bridgehead atoms. The molecule has 0 aromatic rings. The number of rotatable bonds is 10. The van der Waals surface area contributed by atoms with Crippen LogP contribution in [0.5, 0.6) is 0 Å². The molecule has 0 saturated heterocycles. The van der Waals surface area contributed by atoms with Crippen LogP contribution in [0.3, 0.4) is 0 Å². The Labute approximate surface area is 170 Å². The van der Waals surface area contributed by atoms with Crippen LogP contribution >= 0.6 is 0 Å². The summed E-state index contributed by atoms with van der Waals surface area (Å²) in [5, 5.41) is 0. The zero-order valence-electron chi connectivity index (χ0n) is 15.0. The van der Waals surface area contributed by atoms with Gasteiger partial charge in [0.1, 0.15) is 11.5 Å². The van der Waals surface area contributed by atoms with Crippen LogP contribution in [0, 0.1) is 0 Å². The first-order valence-electron chi connectivity index (χ1n) is 7.43. The molecule has 0 aromatic carbocycles. The normalized spacial score (nSPS) is 15.5. The van der Waals surface area contributed by atoms with E-state index in [4.69, 9.17) is 0 Å². The number of halogens is 18. The zero-order chi connectivity index (χ0) is 27.3. The highest BCUT2D eigenvalue weighted by atomic mass is 19.4. The highest BCUT2D eigenvalue weighted by Gasteiger charge is 2.82. The van der Waals surface area contributed by atoms with E-state index in [1.54, 1.807) is 0 Å². The van der Waals surface area contributed by atoms with Gasteiger partial charge in [-0.05, 0) is 0 Å². The Morgan fingerprint density at radius 3 is 0.818 bits per heavy atom. The van der Waals surface area contributed by atoms with E-state index in [0.717, 1.165) is 0 Å². The second-order valence-corrected chi connectivity index (χ2v) is 6.23. The van der Waals surface area contributed by atoms with Crippen molar-refractivity contribution in [3.8, 4) is 0 Å². The van der Waals surface area contributed by atoms with Gasteiger partial charge in [0.2, 0.25) is 0 Å². The van der Waals surface area contributed by atoms with E-state index < -0.39 is 72.2 Å². The Hall–Kier alpha value is -1.98. The molecular weight excluding hydrogens is 526 g/mol. The van der Waals surface area contributed by atoms with Crippen molar-refractivity contribution in [1.29, 1.82) is 0 Å². The largest absolute Gasteiger partial charge is 0.467 e. The van der Waals surface area contributed by atoms with Crippen molar-refractivity contribution in [2.45, 2.75) is 60.7 Å². The molecule has 0 N–H and O–H groups in total. The summed E-state index contributed by atoms with van der Waals surface area (Å²) in [5.41, 5.74) is 0. The van der Waals surface area contributed by atoms with Gasteiger partial charge in [0, 0.05) is 0 Å². The second-order valence-electron chi connectivity index (χ2n) is 6.23. The zero-order valence-corrected chi connectivity index (χ0v) is 15.0. The third-order valence-corrected chi connectivity index (χ3v) is 3.55. The first-order chi connectivity index (χ1) is 14.0. The number of hydrogen-bond donors (Lipinski definition) is 0. The summed E-state index contributed by atoms with van der Waals surface area (Å²) in [6.07, 6.45) is -20.5. The first-order valence-corrected chi connectivity index (χ1v) is 7.43. The van der Waals surface area contributed by atoms with Gasteiger partial charge in [-0.2, -0.15) is 79.0 Å². The van der Waals surface area contributed by atoms with Crippen molar-refractivity contribution < 1.29 is 83.8 Å². The monoisotopic (exact) mass is 534 g/mol. The Balaban J connectivity index is 5.59. The van der Waals surface area contributed by atoms with Crippen LogP contribution in [-0.4, -0.2) is 47.9 Å². The molecule has 19 heteroatoms. The number of hydrogen-bond acceptors (Lipinski definition) is 1.